The second-order valence-corrected chi connectivity index (χ2v) is 8.23. The lowest BCUT2D eigenvalue weighted by molar-refractivity contribution is 0.0673. The van der Waals surface area contributed by atoms with Crippen molar-refractivity contribution in [3.8, 4) is 16.9 Å². The molecule has 1 heterocycles. The molecule has 6 heteroatoms. The quantitative estimate of drug-likeness (QED) is 0.680. The summed E-state index contributed by atoms with van der Waals surface area (Å²) in [5, 5.41) is 11.6. The van der Waals surface area contributed by atoms with Crippen molar-refractivity contribution < 1.29 is 19.0 Å². The monoisotopic (exact) mass is 422 g/mol. The van der Waals surface area contributed by atoms with Crippen LogP contribution >= 0.6 is 0 Å². The van der Waals surface area contributed by atoms with E-state index in [0.717, 1.165) is 22.8 Å². The summed E-state index contributed by atoms with van der Waals surface area (Å²) in [6.45, 7) is 0.544. The van der Waals surface area contributed by atoms with Gasteiger partial charge >= 0.3 is 0 Å². The first-order valence-electron chi connectivity index (χ1n) is 10.4. The summed E-state index contributed by atoms with van der Waals surface area (Å²) in [7, 11) is 5.55. The van der Waals surface area contributed by atoms with Gasteiger partial charge in [-0.25, -0.2) is 4.39 Å². The van der Waals surface area contributed by atoms with Crippen molar-refractivity contribution in [1.29, 1.82) is 0 Å². The normalized spacial score (nSPS) is 18.7. The average molecular weight is 423 g/mol. The first kappa shape index (κ1) is 21.3. The zero-order chi connectivity index (χ0) is 22.1. The van der Waals surface area contributed by atoms with Crippen LogP contribution in [0.2, 0.25) is 0 Å². The van der Waals surface area contributed by atoms with Gasteiger partial charge in [0.05, 0.1) is 19.8 Å². The zero-order valence-corrected chi connectivity index (χ0v) is 18.0. The summed E-state index contributed by atoms with van der Waals surface area (Å²) in [5.41, 5.74) is 2.09. The topological polar surface area (TPSA) is 53.0 Å². The smallest absolute Gasteiger partial charge is 0.254 e. The summed E-state index contributed by atoms with van der Waals surface area (Å²) in [5.74, 6) is 0.171. The van der Waals surface area contributed by atoms with Crippen molar-refractivity contribution >= 4 is 16.7 Å². The molecule has 1 N–H and O–H groups in total. The van der Waals surface area contributed by atoms with Gasteiger partial charge < -0.3 is 19.6 Å². The van der Waals surface area contributed by atoms with Crippen LogP contribution < -0.4 is 4.74 Å². The molecular weight excluding hydrogens is 395 g/mol. The van der Waals surface area contributed by atoms with Gasteiger partial charge in [-0.2, -0.15) is 0 Å². The number of likely N-dealkylation sites (tertiary alicyclic amines) is 1. The van der Waals surface area contributed by atoms with Crippen LogP contribution in [0.1, 0.15) is 16.8 Å². The molecular formula is C25H27FN2O3. The highest BCUT2D eigenvalue weighted by Gasteiger charge is 2.36. The molecule has 1 fully saturated rings. The Morgan fingerprint density at radius 2 is 1.97 bits per heavy atom. The van der Waals surface area contributed by atoms with E-state index in [2.05, 4.69) is 4.90 Å². The van der Waals surface area contributed by atoms with Gasteiger partial charge in [-0.15, -0.1) is 0 Å². The van der Waals surface area contributed by atoms with E-state index in [4.69, 9.17) is 4.74 Å². The van der Waals surface area contributed by atoms with Crippen LogP contribution in [0.3, 0.4) is 0 Å². The molecule has 4 rings (SSSR count). The minimum Gasteiger partial charge on any atom is -0.496 e. The number of carbonyl (C=O) groups is 1. The van der Waals surface area contributed by atoms with Gasteiger partial charge in [0.1, 0.15) is 11.6 Å². The predicted octanol–water partition coefficient (Wildman–Crippen LogP) is 3.79. The molecule has 1 amide bonds. The van der Waals surface area contributed by atoms with Crippen LogP contribution in [0.15, 0.2) is 54.6 Å². The van der Waals surface area contributed by atoms with Gasteiger partial charge in [-0.1, -0.05) is 24.3 Å². The Labute approximate surface area is 181 Å². The highest BCUT2D eigenvalue weighted by Crippen LogP contribution is 2.36. The standard InChI is InChI=1S/C25H27FN2O3/c1-27(2)19-13-20(15-29)28(14-19)25(30)17-7-9-21-16(11-17)5-4-6-22(21)23-12-18(26)8-10-24(23)31-3/h4-12,19-20,29H,13-15H2,1-3H3/t19-,20-/m0/s1. The average Bonchev–Trinajstić information content (AvgIpc) is 3.22. The minimum atomic E-state index is -0.334. The van der Waals surface area contributed by atoms with Crippen molar-refractivity contribution in [2.45, 2.75) is 18.5 Å². The summed E-state index contributed by atoms with van der Waals surface area (Å²) in [6, 6.07) is 15.8. The summed E-state index contributed by atoms with van der Waals surface area (Å²) in [6.07, 6.45) is 0.756. The zero-order valence-electron chi connectivity index (χ0n) is 18.0. The Bertz CT molecular complexity index is 1120. The maximum Gasteiger partial charge on any atom is 0.254 e. The molecule has 0 aliphatic carbocycles. The molecule has 1 aliphatic heterocycles. The first-order chi connectivity index (χ1) is 14.9. The van der Waals surface area contributed by atoms with Crippen molar-refractivity contribution in [2.24, 2.45) is 0 Å². The van der Waals surface area contributed by atoms with Crippen LogP contribution in [0, 0.1) is 5.82 Å². The third-order valence-electron chi connectivity index (χ3n) is 6.17. The van der Waals surface area contributed by atoms with Gasteiger partial charge in [0.2, 0.25) is 0 Å². The van der Waals surface area contributed by atoms with Crippen LogP contribution in [0.5, 0.6) is 5.75 Å². The number of likely N-dealkylation sites (N-methyl/N-ethyl adjacent to an activating group) is 1. The highest BCUT2D eigenvalue weighted by molar-refractivity contribution is 6.03. The second-order valence-electron chi connectivity index (χ2n) is 8.23. The van der Waals surface area contributed by atoms with E-state index in [1.54, 1.807) is 24.1 Å². The number of aliphatic hydroxyl groups excluding tert-OH is 1. The van der Waals surface area contributed by atoms with E-state index in [9.17, 15) is 14.3 Å². The lowest BCUT2D eigenvalue weighted by atomic mass is 9.96. The van der Waals surface area contributed by atoms with Crippen molar-refractivity contribution in [1.82, 2.24) is 9.80 Å². The number of benzene rings is 3. The number of ether oxygens (including phenoxy) is 1. The van der Waals surface area contributed by atoms with Crippen molar-refractivity contribution in [2.75, 3.05) is 34.4 Å². The fraction of sp³-hybridized carbons (Fsp3) is 0.320. The fourth-order valence-electron chi connectivity index (χ4n) is 4.40. The van der Waals surface area contributed by atoms with Gasteiger partial charge in [-0.05, 0) is 67.2 Å². The Hall–Kier alpha value is -2.96. The molecule has 0 saturated carbocycles. The Morgan fingerprint density at radius 3 is 2.68 bits per heavy atom. The largest absolute Gasteiger partial charge is 0.496 e. The van der Waals surface area contributed by atoms with E-state index in [-0.39, 0.29) is 30.4 Å². The third kappa shape index (κ3) is 4.01. The molecule has 3 aromatic carbocycles. The van der Waals surface area contributed by atoms with Crippen molar-refractivity contribution in [3.63, 3.8) is 0 Å². The minimum absolute atomic E-state index is 0.0484. The van der Waals surface area contributed by atoms with Gasteiger partial charge in [0.15, 0.2) is 0 Å². The number of halogens is 1. The van der Waals surface area contributed by atoms with E-state index >= 15 is 0 Å². The number of hydrogen-bond acceptors (Lipinski definition) is 4. The van der Waals surface area contributed by atoms with E-state index in [1.165, 1.54) is 12.1 Å². The SMILES string of the molecule is COc1ccc(F)cc1-c1cccc2cc(C(=O)N3C[C@@H](N(C)C)C[C@H]3CO)ccc12. The Morgan fingerprint density at radius 1 is 1.16 bits per heavy atom. The molecule has 0 aromatic heterocycles. The van der Waals surface area contributed by atoms with Gasteiger partial charge in [0.25, 0.3) is 5.91 Å². The number of amides is 1. The molecule has 0 bridgehead atoms. The molecule has 31 heavy (non-hydrogen) atoms. The van der Waals surface area contributed by atoms with Gasteiger partial charge in [-0.3, -0.25) is 4.79 Å². The number of nitrogens with zero attached hydrogens (tertiary/aromatic N) is 2. The number of aliphatic hydroxyl groups is 1. The molecule has 0 spiro atoms. The highest BCUT2D eigenvalue weighted by atomic mass is 19.1. The lowest BCUT2D eigenvalue weighted by Gasteiger charge is -2.23. The molecule has 2 atom stereocenters. The summed E-state index contributed by atoms with van der Waals surface area (Å²) >= 11 is 0. The molecule has 0 unspecified atom stereocenters. The number of carbonyl (C=O) groups excluding carboxylic acids is 1. The van der Waals surface area contributed by atoms with Crippen LogP contribution in [-0.2, 0) is 0 Å². The fourth-order valence-corrected chi connectivity index (χ4v) is 4.40. The predicted molar refractivity (Wildman–Crippen MR) is 120 cm³/mol. The van der Waals surface area contributed by atoms with Crippen LogP contribution in [0.4, 0.5) is 4.39 Å². The number of fused-ring (bicyclic) bond motifs is 1. The van der Waals surface area contributed by atoms with Crippen molar-refractivity contribution in [3.05, 3.63) is 66.0 Å². The lowest BCUT2D eigenvalue weighted by Crippen LogP contribution is -2.38. The van der Waals surface area contributed by atoms with E-state index in [1.807, 2.05) is 44.4 Å². The second kappa shape index (κ2) is 8.65. The van der Waals surface area contributed by atoms with E-state index < -0.39 is 0 Å². The van der Waals surface area contributed by atoms with Crippen LogP contribution in [-0.4, -0.2) is 67.3 Å². The molecule has 1 saturated heterocycles. The number of rotatable bonds is 5. The van der Waals surface area contributed by atoms with Crippen LogP contribution in [0.25, 0.3) is 21.9 Å². The van der Waals surface area contributed by atoms with Gasteiger partial charge in [0, 0.05) is 23.7 Å². The molecule has 5 nitrogen and oxygen atoms in total. The molecule has 3 aromatic rings. The third-order valence-corrected chi connectivity index (χ3v) is 6.17. The Balaban J connectivity index is 1.72. The summed E-state index contributed by atoms with van der Waals surface area (Å²) in [4.78, 5) is 17.1. The van der Waals surface area contributed by atoms with E-state index in [0.29, 0.717) is 23.4 Å². The molecule has 0 radical (unpaired) electrons. The number of hydrogen-bond donors (Lipinski definition) is 1. The summed E-state index contributed by atoms with van der Waals surface area (Å²) < 4.78 is 19.4. The molecule has 162 valence electrons. The Kier molecular flexibility index (Phi) is 5.94. The number of methoxy groups -OCH3 is 1. The maximum absolute atomic E-state index is 13.9. The molecule has 1 aliphatic rings. The first-order valence-corrected chi connectivity index (χ1v) is 10.4. The maximum atomic E-state index is 13.9.